The molecule has 3 heteroatoms. The molecule has 0 heterocycles. The third-order valence-electron chi connectivity index (χ3n) is 3.31. The van der Waals surface area contributed by atoms with Crippen LogP contribution in [-0.4, -0.2) is 5.97 Å². The second kappa shape index (κ2) is 6.76. The first-order valence-corrected chi connectivity index (χ1v) is 7.15. The molecule has 110 valence electrons. The van der Waals surface area contributed by atoms with E-state index in [0.29, 0.717) is 12.4 Å². The van der Waals surface area contributed by atoms with Crippen LogP contribution >= 0.6 is 0 Å². The van der Waals surface area contributed by atoms with Crippen molar-refractivity contribution in [1.82, 2.24) is 0 Å². The van der Waals surface area contributed by atoms with Crippen LogP contribution < -0.4 is 9.47 Å². The number of ether oxygens (including phenoxy) is 2. The fourth-order valence-corrected chi connectivity index (χ4v) is 2.12. The lowest BCUT2D eigenvalue weighted by Crippen LogP contribution is -2.15. The standard InChI is InChI=1S/C19H16O3/c20-19(16-8-4-5-9-16)22-18-12-10-17(11-13-18)21-14-15-6-2-1-3-7-15/h1-13,16H,14H2. The molecule has 0 saturated carbocycles. The molecule has 0 spiro atoms. The van der Waals surface area contributed by atoms with Crippen LogP contribution in [0.2, 0.25) is 0 Å². The minimum Gasteiger partial charge on any atom is -0.489 e. The number of carbonyl (C=O) groups is 1. The van der Waals surface area contributed by atoms with E-state index < -0.39 is 0 Å². The third-order valence-corrected chi connectivity index (χ3v) is 3.31. The maximum absolute atomic E-state index is 11.9. The van der Waals surface area contributed by atoms with Crippen LogP contribution in [0, 0.1) is 5.92 Å². The van der Waals surface area contributed by atoms with Crippen molar-refractivity contribution in [3.05, 3.63) is 84.5 Å². The first-order chi connectivity index (χ1) is 10.8. The molecule has 0 radical (unpaired) electrons. The predicted molar refractivity (Wildman–Crippen MR) is 84.6 cm³/mol. The van der Waals surface area contributed by atoms with Gasteiger partial charge in [-0.2, -0.15) is 0 Å². The molecule has 0 aliphatic heterocycles. The molecule has 2 aromatic carbocycles. The van der Waals surface area contributed by atoms with Gasteiger partial charge in [-0.3, -0.25) is 4.79 Å². The molecule has 0 N–H and O–H groups in total. The summed E-state index contributed by atoms with van der Waals surface area (Å²) < 4.78 is 11.0. The lowest BCUT2D eigenvalue weighted by Gasteiger charge is -2.09. The number of allylic oxidation sites excluding steroid dienone is 2. The van der Waals surface area contributed by atoms with E-state index in [4.69, 9.17) is 9.47 Å². The summed E-state index contributed by atoms with van der Waals surface area (Å²) >= 11 is 0. The van der Waals surface area contributed by atoms with Crippen LogP contribution in [0.3, 0.4) is 0 Å². The highest BCUT2D eigenvalue weighted by Crippen LogP contribution is 2.20. The molecule has 1 aliphatic rings. The summed E-state index contributed by atoms with van der Waals surface area (Å²) in [6.07, 6.45) is 7.29. The van der Waals surface area contributed by atoms with Crippen molar-refractivity contribution in [2.24, 2.45) is 5.92 Å². The number of esters is 1. The van der Waals surface area contributed by atoms with Crippen molar-refractivity contribution in [3.8, 4) is 11.5 Å². The van der Waals surface area contributed by atoms with Gasteiger partial charge in [0, 0.05) is 0 Å². The maximum Gasteiger partial charge on any atom is 0.322 e. The Hall–Kier alpha value is -2.81. The summed E-state index contributed by atoms with van der Waals surface area (Å²) in [5.41, 5.74) is 1.11. The number of benzene rings is 2. The third kappa shape index (κ3) is 3.64. The van der Waals surface area contributed by atoms with Crippen molar-refractivity contribution in [2.45, 2.75) is 6.61 Å². The molecule has 3 rings (SSSR count). The van der Waals surface area contributed by atoms with Crippen molar-refractivity contribution >= 4 is 5.97 Å². The normalized spacial score (nSPS) is 13.3. The zero-order valence-corrected chi connectivity index (χ0v) is 12.0. The lowest BCUT2D eigenvalue weighted by atomic mass is 10.2. The van der Waals surface area contributed by atoms with E-state index in [2.05, 4.69) is 0 Å². The Morgan fingerprint density at radius 3 is 2.18 bits per heavy atom. The van der Waals surface area contributed by atoms with Crippen molar-refractivity contribution in [3.63, 3.8) is 0 Å². The van der Waals surface area contributed by atoms with E-state index in [1.807, 2.05) is 42.5 Å². The maximum atomic E-state index is 11.9. The number of hydrogen-bond acceptors (Lipinski definition) is 3. The average molecular weight is 292 g/mol. The van der Waals surface area contributed by atoms with Gasteiger partial charge in [0.25, 0.3) is 0 Å². The first-order valence-electron chi connectivity index (χ1n) is 7.15. The van der Waals surface area contributed by atoms with Gasteiger partial charge in [0.15, 0.2) is 0 Å². The molecular formula is C19H16O3. The molecule has 0 unspecified atom stereocenters. The Morgan fingerprint density at radius 2 is 1.50 bits per heavy atom. The zero-order valence-electron chi connectivity index (χ0n) is 12.0. The summed E-state index contributed by atoms with van der Waals surface area (Å²) in [5.74, 6) is 0.701. The molecule has 0 aromatic heterocycles. The monoisotopic (exact) mass is 292 g/mol. The van der Waals surface area contributed by atoms with Crippen LogP contribution in [0.5, 0.6) is 11.5 Å². The fraction of sp³-hybridized carbons (Fsp3) is 0.105. The van der Waals surface area contributed by atoms with Crippen molar-refractivity contribution in [1.29, 1.82) is 0 Å². The second-order valence-electron chi connectivity index (χ2n) is 4.96. The van der Waals surface area contributed by atoms with E-state index in [1.165, 1.54) is 0 Å². The van der Waals surface area contributed by atoms with Gasteiger partial charge in [0.05, 0.1) is 5.92 Å². The highest BCUT2D eigenvalue weighted by molar-refractivity contribution is 5.79. The summed E-state index contributed by atoms with van der Waals surface area (Å²) in [6.45, 7) is 0.512. The lowest BCUT2D eigenvalue weighted by molar-refractivity contribution is -0.135. The highest BCUT2D eigenvalue weighted by atomic mass is 16.5. The van der Waals surface area contributed by atoms with Gasteiger partial charge in [0.2, 0.25) is 0 Å². The van der Waals surface area contributed by atoms with Crippen LogP contribution in [0.15, 0.2) is 78.9 Å². The zero-order chi connectivity index (χ0) is 15.2. The van der Waals surface area contributed by atoms with Crippen LogP contribution in [-0.2, 0) is 11.4 Å². The summed E-state index contributed by atoms with van der Waals surface area (Å²) in [4.78, 5) is 11.9. The summed E-state index contributed by atoms with van der Waals surface area (Å²) in [7, 11) is 0. The molecule has 0 bridgehead atoms. The Balaban J connectivity index is 1.55. The van der Waals surface area contributed by atoms with E-state index in [0.717, 1.165) is 11.3 Å². The fourth-order valence-electron chi connectivity index (χ4n) is 2.12. The Bertz CT molecular complexity index is 672. The molecule has 0 amide bonds. The molecule has 0 fully saturated rings. The quantitative estimate of drug-likeness (QED) is 0.619. The van der Waals surface area contributed by atoms with Crippen LogP contribution in [0.4, 0.5) is 0 Å². The van der Waals surface area contributed by atoms with Gasteiger partial charge >= 0.3 is 5.97 Å². The predicted octanol–water partition coefficient (Wildman–Crippen LogP) is 3.91. The van der Waals surface area contributed by atoms with E-state index in [-0.39, 0.29) is 11.9 Å². The molecule has 22 heavy (non-hydrogen) atoms. The highest BCUT2D eigenvalue weighted by Gasteiger charge is 2.16. The largest absolute Gasteiger partial charge is 0.489 e. The Kier molecular flexibility index (Phi) is 4.35. The van der Waals surface area contributed by atoms with Gasteiger partial charge < -0.3 is 9.47 Å². The summed E-state index contributed by atoms with van der Waals surface area (Å²) in [5, 5.41) is 0. The van der Waals surface area contributed by atoms with Crippen LogP contribution in [0.25, 0.3) is 0 Å². The molecule has 3 nitrogen and oxygen atoms in total. The van der Waals surface area contributed by atoms with Crippen molar-refractivity contribution in [2.75, 3.05) is 0 Å². The van der Waals surface area contributed by atoms with E-state index in [9.17, 15) is 4.79 Å². The Labute approximate surface area is 129 Å². The average Bonchev–Trinajstić information content (AvgIpc) is 3.10. The van der Waals surface area contributed by atoms with Gasteiger partial charge in [-0.1, -0.05) is 54.6 Å². The molecule has 2 aromatic rings. The van der Waals surface area contributed by atoms with Gasteiger partial charge in [-0.05, 0) is 29.8 Å². The molecule has 1 aliphatic carbocycles. The van der Waals surface area contributed by atoms with Gasteiger partial charge in [-0.25, -0.2) is 0 Å². The minimum absolute atomic E-state index is 0.275. The molecule has 0 saturated heterocycles. The Morgan fingerprint density at radius 1 is 0.864 bits per heavy atom. The minimum atomic E-state index is -0.283. The van der Waals surface area contributed by atoms with E-state index >= 15 is 0 Å². The van der Waals surface area contributed by atoms with Gasteiger partial charge in [0.1, 0.15) is 18.1 Å². The molecular weight excluding hydrogens is 276 g/mol. The first kappa shape index (κ1) is 14.1. The summed E-state index contributed by atoms with van der Waals surface area (Å²) in [6, 6.07) is 17.0. The van der Waals surface area contributed by atoms with Crippen molar-refractivity contribution < 1.29 is 14.3 Å². The smallest absolute Gasteiger partial charge is 0.322 e. The molecule has 0 atom stereocenters. The SMILES string of the molecule is O=C(Oc1ccc(OCc2ccccc2)cc1)C1C=CC=C1. The van der Waals surface area contributed by atoms with Gasteiger partial charge in [-0.15, -0.1) is 0 Å². The number of hydrogen-bond donors (Lipinski definition) is 0. The van der Waals surface area contributed by atoms with E-state index in [1.54, 1.807) is 36.4 Å². The second-order valence-corrected chi connectivity index (χ2v) is 4.96. The number of carbonyl (C=O) groups excluding carboxylic acids is 1. The number of rotatable bonds is 5. The topological polar surface area (TPSA) is 35.5 Å². The van der Waals surface area contributed by atoms with Crippen LogP contribution in [0.1, 0.15) is 5.56 Å².